The van der Waals surface area contributed by atoms with E-state index in [0.717, 1.165) is 57.9 Å². The molecule has 9 nitrogen and oxygen atoms in total. The van der Waals surface area contributed by atoms with Crippen LogP contribution in [0.25, 0.3) is 0 Å². The molecule has 3 amide bonds. The van der Waals surface area contributed by atoms with Crippen LogP contribution >= 0.6 is 0 Å². The minimum Gasteiger partial charge on any atom is -0.380 e. The SMILES string of the molecule is O=C(c1cccc(N2CCOCC2)c1)N1CCC2(CC1)C(=O)NCC2C(=O)N1CCC2(CC1)COC2. The molecule has 5 heterocycles. The van der Waals surface area contributed by atoms with E-state index in [2.05, 4.69) is 10.2 Å². The third-order valence-electron chi connectivity index (χ3n) is 9.25. The first kappa shape index (κ1) is 23.7. The summed E-state index contributed by atoms with van der Waals surface area (Å²) in [5.74, 6) is -0.284. The van der Waals surface area contributed by atoms with Gasteiger partial charge in [0.1, 0.15) is 0 Å². The lowest BCUT2D eigenvalue weighted by atomic mass is 9.69. The number of anilines is 1. The average molecular weight is 497 g/mol. The Kier molecular flexibility index (Phi) is 6.16. The molecule has 5 saturated heterocycles. The van der Waals surface area contributed by atoms with Crippen molar-refractivity contribution in [2.45, 2.75) is 25.7 Å². The standard InChI is InChI=1S/C27H36N4O5/c32-23(20-2-1-3-21(16-20)29-12-14-35-15-13-29)30-10-6-27(7-11-30)22(17-28-25(27)34)24(33)31-8-4-26(5-9-31)18-36-19-26/h1-3,16,22H,4-15,17-19H2,(H,28,34). The van der Waals surface area contributed by atoms with Crippen LogP contribution in [0.2, 0.25) is 0 Å². The number of ether oxygens (including phenoxy) is 2. The number of hydrogen-bond acceptors (Lipinski definition) is 6. The molecule has 1 aromatic carbocycles. The molecule has 0 saturated carbocycles. The van der Waals surface area contributed by atoms with Gasteiger partial charge in [-0.05, 0) is 43.9 Å². The van der Waals surface area contributed by atoms with E-state index < -0.39 is 5.41 Å². The van der Waals surface area contributed by atoms with Crippen LogP contribution < -0.4 is 10.2 Å². The first-order valence-corrected chi connectivity index (χ1v) is 13.4. The van der Waals surface area contributed by atoms with Crippen molar-refractivity contribution >= 4 is 23.4 Å². The first-order valence-electron chi connectivity index (χ1n) is 13.4. The van der Waals surface area contributed by atoms with Crippen molar-refractivity contribution in [2.24, 2.45) is 16.7 Å². The number of hydrogen-bond donors (Lipinski definition) is 1. The highest BCUT2D eigenvalue weighted by Gasteiger charge is 2.56. The summed E-state index contributed by atoms with van der Waals surface area (Å²) in [6.07, 6.45) is 3.00. The number of carbonyl (C=O) groups excluding carboxylic acids is 3. The van der Waals surface area contributed by atoms with E-state index in [0.29, 0.717) is 51.3 Å². The van der Waals surface area contributed by atoms with Crippen LogP contribution in [0.5, 0.6) is 0 Å². The van der Waals surface area contributed by atoms with Crippen molar-refractivity contribution in [3.8, 4) is 0 Å². The lowest BCUT2D eigenvalue weighted by Gasteiger charge is -2.48. The molecule has 6 rings (SSSR count). The van der Waals surface area contributed by atoms with Crippen molar-refractivity contribution in [1.82, 2.24) is 15.1 Å². The van der Waals surface area contributed by atoms with E-state index in [1.165, 1.54) is 0 Å². The van der Waals surface area contributed by atoms with Gasteiger partial charge in [0.25, 0.3) is 5.91 Å². The molecule has 1 aromatic rings. The summed E-state index contributed by atoms with van der Waals surface area (Å²) in [4.78, 5) is 46.0. The summed E-state index contributed by atoms with van der Waals surface area (Å²) in [5.41, 5.74) is 1.26. The van der Waals surface area contributed by atoms with E-state index in [1.54, 1.807) is 0 Å². The predicted octanol–water partition coefficient (Wildman–Crippen LogP) is 1.13. The number of amides is 3. The normalized spacial score (nSPS) is 27.2. The summed E-state index contributed by atoms with van der Waals surface area (Å²) in [6, 6.07) is 7.79. The van der Waals surface area contributed by atoms with E-state index >= 15 is 0 Å². The van der Waals surface area contributed by atoms with Crippen LogP contribution in [-0.4, -0.2) is 99.8 Å². The molecule has 5 aliphatic heterocycles. The molecule has 0 aliphatic carbocycles. The monoisotopic (exact) mass is 496 g/mol. The number of piperidine rings is 2. The third-order valence-corrected chi connectivity index (χ3v) is 9.25. The summed E-state index contributed by atoms with van der Waals surface area (Å²) in [6.45, 7) is 7.50. The van der Waals surface area contributed by atoms with Crippen LogP contribution in [0.3, 0.4) is 0 Å². The van der Waals surface area contributed by atoms with E-state index in [1.807, 2.05) is 34.1 Å². The van der Waals surface area contributed by atoms with Crippen LogP contribution in [0.15, 0.2) is 24.3 Å². The molecule has 194 valence electrons. The largest absolute Gasteiger partial charge is 0.380 e. The zero-order valence-electron chi connectivity index (χ0n) is 20.9. The second-order valence-corrected chi connectivity index (χ2v) is 11.2. The van der Waals surface area contributed by atoms with Crippen LogP contribution in [0.4, 0.5) is 5.69 Å². The van der Waals surface area contributed by atoms with Crippen LogP contribution in [0.1, 0.15) is 36.0 Å². The maximum absolute atomic E-state index is 13.6. The summed E-state index contributed by atoms with van der Waals surface area (Å²) < 4.78 is 10.9. The van der Waals surface area contributed by atoms with Gasteiger partial charge in [0.15, 0.2) is 0 Å². The van der Waals surface area contributed by atoms with E-state index in [9.17, 15) is 14.4 Å². The molecule has 5 aliphatic rings. The Bertz CT molecular complexity index is 1020. The molecule has 0 aromatic heterocycles. The van der Waals surface area contributed by atoms with Gasteiger partial charge in [-0.15, -0.1) is 0 Å². The van der Waals surface area contributed by atoms with Crippen molar-refractivity contribution in [3.05, 3.63) is 29.8 Å². The molecule has 9 heteroatoms. The molecule has 36 heavy (non-hydrogen) atoms. The van der Waals surface area contributed by atoms with Crippen molar-refractivity contribution < 1.29 is 23.9 Å². The lowest BCUT2D eigenvalue weighted by Crippen LogP contribution is -2.56. The zero-order chi connectivity index (χ0) is 24.8. The topological polar surface area (TPSA) is 91.4 Å². The van der Waals surface area contributed by atoms with Crippen LogP contribution in [-0.2, 0) is 19.1 Å². The van der Waals surface area contributed by atoms with Crippen molar-refractivity contribution in [1.29, 1.82) is 0 Å². The van der Waals surface area contributed by atoms with Crippen LogP contribution in [0, 0.1) is 16.7 Å². The lowest BCUT2D eigenvalue weighted by molar-refractivity contribution is -0.159. The van der Waals surface area contributed by atoms with Gasteiger partial charge in [-0.3, -0.25) is 14.4 Å². The first-order chi connectivity index (χ1) is 17.5. The van der Waals surface area contributed by atoms with Gasteiger partial charge >= 0.3 is 0 Å². The number of carbonyl (C=O) groups is 3. The quantitative estimate of drug-likeness (QED) is 0.675. The summed E-state index contributed by atoms with van der Waals surface area (Å²) in [7, 11) is 0. The Morgan fingerprint density at radius 3 is 2.25 bits per heavy atom. The second kappa shape index (κ2) is 9.34. The van der Waals surface area contributed by atoms with E-state index in [-0.39, 0.29) is 29.1 Å². The highest BCUT2D eigenvalue weighted by Crippen LogP contribution is 2.45. The van der Waals surface area contributed by atoms with Gasteiger partial charge < -0.3 is 29.5 Å². The van der Waals surface area contributed by atoms with Crippen molar-refractivity contribution in [3.63, 3.8) is 0 Å². The molecular formula is C27H36N4O5. The second-order valence-electron chi connectivity index (χ2n) is 11.2. The maximum Gasteiger partial charge on any atom is 0.253 e. The number of benzene rings is 1. The Morgan fingerprint density at radius 2 is 1.58 bits per heavy atom. The fourth-order valence-corrected chi connectivity index (χ4v) is 6.67. The molecule has 1 N–H and O–H groups in total. The Hall–Kier alpha value is -2.65. The average Bonchev–Trinajstić information content (AvgIpc) is 3.23. The predicted molar refractivity (Wildman–Crippen MR) is 133 cm³/mol. The number of rotatable bonds is 3. The Balaban J connectivity index is 1.11. The summed E-state index contributed by atoms with van der Waals surface area (Å²) >= 11 is 0. The number of nitrogens with zero attached hydrogens (tertiary/aromatic N) is 3. The smallest absolute Gasteiger partial charge is 0.253 e. The molecular weight excluding hydrogens is 460 g/mol. The van der Waals surface area contributed by atoms with Gasteiger partial charge in [-0.2, -0.15) is 0 Å². The fourth-order valence-electron chi connectivity index (χ4n) is 6.67. The van der Waals surface area contributed by atoms with Gasteiger partial charge in [-0.1, -0.05) is 6.07 Å². The molecule has 0 radical (unpaired) electrons. The fraction of sp³-hybridized carbons (Fsp3) is 0.667. The van der Waals surface area contributed by atoms with Gasteiger partial charge in [0.05, 0.1) is 37.8 Å². The minimum atomic E-state index is -0.710. The highest BCUT2D eigenvalue weighted by atomic mass is 16.5. The number of likely N-dealkylation sites (tertiary alicyclic amines) is 2. The Morgan fingerprint density at radius 1 is 0.889 bits per heavy atom. The Labute approximate surface area is 212 Å². The molecule has 1 atom stereocenters. The third kappa shape index (κ3) is 4.06. The highest BCUT2D eigenvalue weighted by molar-refractivity contribution is 5.97. The molecule has 0 bridgehead atoms. The number of nitrogens with one attached hydrogen (secondary N) is 1. The van der Waals surface area contributed by atoms with E-state index in [4.69, 9.17) is 9.47 Å². The van der Waals surface area contributed by atoms with Gasteiger partial charge in [0, 0.05) is 62.5 Å². The number of morpholine rings is 1. The van der Waals surface area contributed by atoms with Gasteiger partial charge in [0.2, 0.25) is 11.8 Å². The van der Waals surface area contributed by atoms with Gasteiger partial charge in [-0.25, -0.2) is 0 Å². The molecule has 2 spiro atoms. The summed E-state index contributed by atoms with van der Waals surface area (Å²) in [5, 5.41) is 2.98. The maximum atomic E-state index is 13.6. The molecule has 1 unspecified atom stereocenters. The van der Waals surface area contributed by atoms with Crippen molar-refractivity contribution in [2.75, 3.05) is 77.1 Å². The zero-order valence-corrected chi connectivity index (χ0v) is 20.9. The molecule has 5 fully saturated rings. The minimum absolute atomic E-state index is 0.00899.